The van der Waals surface area contributed by atoms with Crippen molar-refractivity contribution in [3.8, 4) is 0 Å². The van der Waals surface area contributed by atoms with Crippen LogP contribution in [0.5, 0.6) is 0 Å². The molecule has 1 aliphatic carbocycles. The minimum Gasteiger partial charge on any atom is -0.340 e. The van der Waals surface area contributed by atoms with Crippen molar-refractivity contribution in [2.24, 2.45) is 17.6 Å². The van der Waals surface area contributed by atoms with Gasteiger partial charge >= 0.3 is 0 Å². The number of rotatable bonds is 2. The number of hydrogen-bond acceptors (Lipinski definition) is 2. The predicted molar refractivity (Wildman–Crippen MR) is 89.9 cm³/mol. The highest BCUT2D eigenvalue weighted by atomic mass is 79.9. The molecule has 2 N–H and O–H groups in total. The molecule has 2 fully saturated rings. The van der Waals surface area contributed by atoms with Crippen LogP contribution in [0, 0.1) is 11.8 Å². The lowest BCUT2D eigenvalue weighted by Crippen LogP contribution is -2.34. The van der Waals surface area contributed by atoms with Gasteiger partial charge in [0.25, 0.3) is 5.91 Å². The molecule has 2 heterocycles. The molecule has 1 aromatic rings. The fourth-order valence-electron chi connectivity index (χ4n) is 3.68. The molecule has 1 aromatic heterocycles. The number of aromatic nitrogens is 1. The molecule has 3 rings (SSSR count). The number of halogens is 2. The van der Waals surface area contributed by atoms with Crippen molar-refractivity contribution >= 4 is 34.2 Å². The van der Waals surface area contributed by atoms with Crippen molar-refractivity contribution in [3.63, 3.8) is 0 Å². The molecule has 1 aliphatic heterocycles. The molecule has 0 radical (unpaired) electrons. The fraction of sp³-hybridized carbons (Fsp3) is 0.667. The molecule has 1 saturated carbocycles. The SMILES string of the molecule is CC(C)n1cc(Br)cc1C(=O)N1CC2CCC(N)C2C1.Cl. The summed E-state index contributed by atoms with van der Waals surface area (Å²) in [5.74, 6) is 1.26. The van der Waals surface area contributed by atoms with E-state index in [4.69, 9.17) is 5.73 Å². The Morgan fingerprint density at radius 2 is 2.10 bits per heavy atom. The van der Waals surface area contributed by atoms with Crippen LogP contribution in [0.2, 0.25) is 0 Å². The first-order chi connectivity index (χ1) is 9.47. The van der Waals surface area contributed by atoms with Gasteiger partial charge < -0.3 is 15.2 Å². The number of amides is 1. The average molecular weight is 377 g/mol. The summed E-state index contributed by atoms with van der Waals surface area (Å²) >= 11 is 3.47. The lowest BCUT2D eigenvalue weighted by atomic mass is 9.98. The lowest BCUT2D eigenvalue weighted by molar-refractivity contribution is 0.0767. The second-order valence-electron chi connectivity index (χ2n) is 6.42. The first-order valence-electron chi connectivity index (χ1n) is 7.39. The van der Waals surface area contributed by atoms with Gasteiger partial charge in [0.1, 0.15) is 5.69 Å². The van der Waals surface area contributed by atoms with E-state index in [9.17, 15) is 4.79 Å². The first kappa shape index (κ1) is 16.8. The van der Waals surface area contributed by atoms with Gasteiger partial charge in [-0.3, -0.25) is 4.79 Å². The molecule has 1 saturated heterocycles. The van der Waals surface area contributed by atoms with Gasteiger partial charge in [-0.05, 0) is 60.5 Å². The maximum Gasteiger partial charge on any atom is 0.270 e. The lowest BCUT2D eigenvalue weighted by Gasteiger charge is -2.21. The maximum atomic E-state index is 12.8. The Balaban J connectivity index is 0.00000161. The summed E-state index contributed by atoms with van der Waals surface area (Å²) in [5.41, 5.74) is 6.93. The number of carbonyl (C=O) groups excluding carboxylic acids is 1. The number of nitrogens with zero attached hydrogens (tertiary/aromatic N) is 2. The van der Waals surface area contributed by atoms with E-state index in [0.29, 0.717) is 11.8 Å². The van der Waals surface area contributed by atoms with Crippen molar-refractivity contribution in [2.75, 3.05) is 13.1 Å². The van der Waals surface area contributed by atoms with Crippen LogP contribution in [0.4, 0.5) is 0 Å². The van der Waals surface area contributed by atoms with E-state index in [2.05, 4.69) is 29.8 Å². The fourth-order valence-corrected chi connectivity index (χ4v) is 4.12. The molecule has 21 heavy (non-hydrogen) atoms. The molecule has 2 aliphatic rings. The number of carbonyl (C=O) groups is 1. The third-order valence-corrected chi connectivity index (χ3v) is 5.22. The summed E-state index contributed by atoms with van der Waals surface area (Å²) in [4.78, 5) is 14.8. The van der Waals surface area contributed by atoms with E-state index >= 15 is 0 Å². The largest absolute Gasteiger partial charge is 0.340 e. The van der Waals surface area contributed by atoms with E-state index < -0.39 is 0 Å². The van der Waals surface area contributed by atoms with Gasteiger partial charge in [0.15, 0.2) is 0 Å². The molecule has 0 spiro atoms. The quantitative estimate of drug-likeness (QED) is 0.862. The summed E-state index contributed by atoms with van der Waals surface area (Å²) in [6, 6.07) is 2.49. The summed E-state index contributed by atoms with van der Waals surface area (Å²) in [6.45, 7) is 5.89. The highest BCUT2D eigenvalue weighted by Crippen LogP contribution is 2.37. The normalized spacial score (nSPS) is 27.9. The molecule has 3 unspecified atom stereocenters. The van der Waals surface area contributed by atoms with E-state index in [1.54, 1.807) is 0 Å². The van der Waals surface area contributed by atoms with Crippen LogP contribution in [-0.2, 0) is 0 Å². The topological polar surface area (TPSA) is 51.3 Å². The van der Waals surface area contributed by atoms with Crippen molar-refractivity contribution in [2.45, 2.75) is 38.8 Å². The van der Waals surface area contributed by atoms with Crippen molar-refractivity contribution in [3.05, 3.63) is 22.4 Å². The molecular formula is C15H23BrClN3O. The molecular weight excluding hydrogens is 354 g/mol. The zero-order valence-corrected chi connectivity index (χ0v) is 14.9. The highest BCUT2D eigenvalue weighted by Gasteiger charge is 2.43. The van der Waals surface area contributed by atoms with Gasteiger partial charge in [0.2, 0.25) is 0 Å². The minimum absolute atomic E-state index is 0. The Morgan fingerprint density at radius 3 is 2.71 bits per heavy atom. The number of hydrogen-bond donors (Lipinski definition) is 1. The molecule has 3 atom stereocenters. The summed E-state index contributed by atoms with van der Waals surface area (Å²) in [6.07, 6.45) is 4.27. The van der Waals surface area contributed by atoms with Gasteiger partial charge in [-0.25, -0.2) is 0 Å². The van der Waals surface area contributed by atoms with Crippen LogP contribution in [0.25, 0.3) is 0 Å². The van der Waals surface area contributed by atoms with Crippen molar-refractivity contribution < 1.29 is 4.79 Å². The van der Waals surface area contributed by atoms with Gasteiger partial charge in [-0.1, -0.05) is 0 Å². The molecule has 4 nitrogen and oxygen atoms in total. The van der Waals surface area contributed by atoms with E-state index in [1.807, 2.05) is 21.7 Å². The maximum absolute atomic E-state index is 12.8. The molecule has 0 aromatic carbocycles. The molecule has 6 heteroatoms. The standard InChI is InChI=1S/C15H22BrN3O.ClH/c1-9(2)19-7-11(16)5-14(19)15(20)18-6-10-3-4-13(17)12(10)8-18;/h5,7,9-10,12-13H,3-4,6,8,17H2,1-2H3;1H. The van der Waals surface area contributed by atoms with Crippen LogP contribution in [0.1, 0.15) is 43.2 Å². The third-order valence-electron chi connectivity index (χ3n) is 4.79. The third kappa shape index (κ3) is 3.01. The molecule has 1 amide bonds. The smallest absolute Gasteiger partial charge is 0.270 e. The Hall–Kier alpha value is -0.520. The zero-order valence-electron chi connectivity index (χ0n) is 12.5. The van der Waals surface area contributed by atoms with Gasteiger partial charge in [0.05, 0.1) is 0 Å². The molecule has 0 bridgehead atoms. The first-order valence-corrected chi connectivity index (χ1v) is 8.19. The number of fused-ring (bicyclic) bond motifs is 1. The van der Waals surface area contributed by atoms with Crippen molar-refractivity contribution in [1.82, 2.24) is 9.47 Å². The number of nitrogens with two attached hydrogens (primary N) is 1. The van der Waals surface area contributed by atoms with Crippen LogP contribution >= 0.6 is 28.3 Å². The summed E-state index contributed by atoms with van der Waals surface area (Å²) in [7, 11) is 0. The van der Waals surface area contributed by atoms with Crippen LogP contribution < -0.4 is 5.73 Å². The van der Waals surface area contributed by atoms with Gasteiger partial charge in [-0.2, -0.15) is 0 Å². The van der Waals surface area contributed by atoms with Crippen LogP contribution in [0.15, 0.2) is 16.7 Å². The monoisotopic (exact) mass is 375 g/mol. The Bertz CT molecular complexity index is 531. The second kappa shape index (κ2) is 6.31. The predicted octanol–water partition coefficient (Wildman–Crippen LogP) is 3.06. The van der Waals surface area contributed by atoms with E-state index in [0.717, 1.165) is 29.7 Å². The minimum atomic E-state index is 0. The van der Waals surface area contributed by atoms with E-state index in [-0.39, 0.29) is 30.4 Å². The highest BCUT2D eigenvalue weighted by molar-refractivity contribution is 9.10. The average Bonchev–Trinajstić information content (AvgIpc) is 3.05. The summed E-state index contributed by atoms with van der Waals surface area (Å²) < 4.78 is 3.01. The Kier molecular flexibility index (Phi) is 5.06. The van der Waals surface area contributed by atoms with Crippen molar-refractivity contribution in [1.29, 1.82) is 0 Å². The zero-order chi connectivity index (χ0) is 14.4. The van der Waals surface area contributed by atoms with Gasteiger partial charge in [-0.15, -0.1) is 12.4 Å². The summed E-state index contributed by atoms with van der Waals surface area (Å²) in [5, 5.41) is 0. The van der Waals surface area contributed by atoms with Crippen LogP contribution in [0.3, 0.4) is 0 Å². The van der Waals surface area contributed by atoms with Crippen LogP contribution in [-0.4, -0.2) is 34.5 Å². The second-order valence-corrected chi connectivity index (χ2v) is 7.34. The molecule has 118 valence electrons. The van der Waals surface area contributed by atoms with E-state index in [1.165, 1.54) is 6.42 Å². The van der Waals surface area contributed by atoms with Gasteiger partial charge in [0, 0.05) is 35.8 Å². The Labute approximate surface area is 140 Å². The number of likely N-dealkylation sites (tertiary alicyclic amines) is 1. The Morgan fingerprint density at radius 1 is 1.38 bits per heavy atom.